The van der Waals surface area contributed by atoms with Gasteiger partial charge >= 0.3 is 0 Å². The van der Waals surface area contributed by atoms with E-state index in [2.05, 4.69) is 15.8 Å². The van der Waals surface area contributed by atoms with Gasteiger partial charge in [0.25, 0.3) is 0 Å². The van der Waals surface area contributed by atoms with E-state index in [-0.39, 0.29) is 11.4 Å². The first-order valence-electron chi connectivity index (χ1n) is 7.81. The van der Waals surface area contributed by atoms with Crippen molar-refractivity contribution in [1.82, 2.24) is 5.43 Å². The Morgan fingerprint density at radius 1 is 1.23 bits per heavy atom. The molecule has 2 aromatic carbocycles. The molecule has 0 radical (unpaired) electrons. The molecule has 0 heterocycles. The van der Waals surface area contributed by atoms with Crippen molar-refractivity contribution in [3.05, 3.63) is 53.8 Å². The summed E-state index contributed by atoms with van der Waals surface area (Å²) in [5, 5.41) is 15.6. The second-order valence-electron chi connectivity index (χ2n) is 5.16. The quantitative estimate of drug-likeness (QED) is 0.401. The van der Waals surface area contributed by atoms with Gasteiger partial charge < -0.3 is 15.2 Å². The summed E-state index contributed by atoms with van der Waals surface area (Å²) >= 11 is 0. The van der Waals surface area contributed by atoms with Crippen LogP contribution in [0.4, 0.5) is 10.1 Å². The molecule has 0 atom stereocenters. The summed E-state index contributed by atoms with van der Waals surface area (Å²) in [7, 11) is 0. The molecular formula is C18H18FN3O4. The zero-order valence-electron chi connectivity index (χ0n) is 14.0. The Morgan fingerprint density at radius 3 is 2.73 bits per heavy atom. The number of hydrogen-bond acceptors (Lipinski definition) is 5. The van der Waals surface area contributed by atoms with Crippen molar-refractivity contribution in [2.75, 3.05) is 11.9 Å². The van der Waals surface area contributed by atoms with Crippen LogP contribution in [0.25, 0.3) is 0 Å². The summed E-state index contributed by atoms with van der Waals surface area (Å²) < 4.78 is 18.7. The van der Waals surface area contributed by atoms with Crippen molar-refractivity contribution < 1.29 is 23.8 Å². The Balaban J connectivity index is 1.86. The van der Waals surface area contributed by atoms with Crippen LogP contribution in [0.3, 0.4) is 0 Å². The molecule has 0 saturated heterocycles. The lowest BCUT2D eigenvalue weighted by molar-refractivity contribution is -0.126. The van der Waals surface area contributed by atoms with Gasteiger partial charge in [-0.25, -0.2) is 9.82 Å². The van der Waals surface area contributed by atoms with Gasteiger partial charge in [0, 0.05) is 0 Å². The number of amides is 2. The van der Waals surface area contributed by atoms with Crippen molar-refractivity contribution in [3.63, 3.8) is 0 Å². The minimum absolute atomic E-state index is 0.00125. The number of phenols is 1. The summed E-state index contributed by atoms with van der Waals surface area (Å²) in [5.41, 5.74) is 2.79. The largest absolute Gasteiger partial charge is 0.504 e. The first-order chi connectivity index (χ1) is 12.5. The Morgan fingerprint density at radius 2 is 2.00 bits per heavy atom. The predicted octanol–water partition coefficient (Wildman–Crippen LogP) is 2.41. The maximum atomic E-state index is 13.4. The Hall–Kier alpha value is -3.42. The average Bonchev–Trinajstić information content (AvgIpc) is 2.60. The van der Waals surface area contributed by atoms with Gasteiger partial charge in [-0.1, -0.05) is 12.1 Å². The molecule has 2 amide bonds. The van der Waals surface area contributed by atoms with Crippen molar-refractivity contribution in [3.8, 4) is 11.5 Å². The lowest BCUT2D eigenvalue weighted by Gasteiger charge is -2.06. The zero-order chi connectivity index (χ0) is 18.9. The minimum Gasteiger partial charge on any atom is -0.504 e. The first kappa shape index (κ1) is 18.9. The summed E-state index contributed by atoms with van der Waals surface area (Å²) in [6.45, 7) is 2.18. The fraction of sp³-hybridized carbons (Fsp3) is 0.167. The third-order valence-corrected chi connectivity index (χ3v) is 3.16. The minimum atomic E-state index is -0.661. The molecule has 0 aliphatic carbocycles. The molecule has 2 aromatic rings. The van der Waals surface area contributed by atoms with Crippen LogP contribution < -0.4 is 15.5 Å². The van der Waals surface area contributed by atoms with E-state index in [4.69, 9.17) is 4.74 Å². The van der Waals surface area contributed by atoms with E-state index in [1.165, 1.54) is 30.5 Å². The highest BCUT2D eigenvalue weighted by molar-refractivity contribution is 6.03. The molecule has 2 rings (SSSR count). The maximum Gasteiger partial charge on any atom is 0.249 e. The number of aromatic hydroxyl groups is 1. The molecule has 0 fully saturated rings. The molecule has 0 aliphatic rings. The third kappa shape index (κ3) is 5.59. The Kier molecular flexibility index (Phi) is 6.67. The number of nitrogens with zero attached hydrogens (tertiary/aromatic N) is 1. The number of hydrazone groups is 1. The number of anilines is 1. The number of carbonyl (C=O) groups is 2. The number of carbonyl (C=O) groups excluding carboxylic acids is 2. The van der Waals surface area contributed by atoms with E-state index in [0.29, 0.717) is 17.9 Å². The molecule has 0 unspecified atom stereocenters. The Labute approximate surface area is 149 Å². The number of hydrogen-bond donors (Lipinski definition) is 3. The first-order valence-corrected chi connectivity index (χ1v) is 7.81. The van der Waals surface area contributed by atoms with E-state index in [9.17, 15) is 19.1 Å². The van der Waals surface area contributed by atoms with Crippen LogP contribution in [-0.4, -0.2) is 29.7 Å². The molecule has 0 spiro atoms. The van der Waals surface area contributed by atoms with E-state index in [1.807, 2.05) is 0 Å². The fourth-order valence-electron chi connectivity index (χ4n) is 2.00. The number of rotatable bonds is 7. The second-order valence-corrected chi connectivity index (χ2v) is 5.16. The number of halogens is 1. The summed E-state index contributed by atoms with van der Waals surface area (Å²) in [6.07, 6.45) is 0.833. The van der Waals surface area contributed by atoms with Crippen molar-refractivity contribution in [2.45, 2.75) is 13.3 Å². The molecule has 26 heavy (non-hydrogen) atoms. The fourth-order valence-corrected chi connectivity index (χ4v) is 2.00. The number of para-hydroxylation sites is 1. The zero-order valence-corrected chi connectivity index (χ0v) is 14.0. The molecule has 0 bridgehead atoms. The lowest BCUT2D eigenvalue weighted by atomic mass is 10.2. The monoisotopic (exact) mass is 359 g/mol. The second kappa shape index (κ2) is 9.16. The van der Waals surface area contributed by atoms with E-state index >= 15 is 0 Å². The van der Waals surface area contributed by atoms with Crippen LogP contribution >= 0.6 is 0 Å². The highest BCUT2D eigenvalue weighted by Crippen LogP contribution is 2.26. The molecule has 136 valence electrons. The van der Waals surface area contributed by atoms with Gasteiger partial charge in [-0.2, -0.15) is 5.10 Å². The lowest BCUT2D eigenvalue weighted by Crippen LogP contribution is -2.24. The highest BCUT2D eigenvalue weighted by Gasteiger charge is 2.11. The van der Waals surface area contributed by atoms with Gasteiger partial charge in [0.15, 0.2) is 11.5 Å². The van der Waals surface area contributed by atoms with Crippen LogP contribution in [0, 0.1) is 5.82 Å². The van der Waals surface area contributed by atoms with Gasteiger partial charge in [-0.15, -0.1) is 0 Å². The van der Waals surface area contributed by atoms with Gasteiger partial charge in [-0.05, 0) is 42.8 Å². The number of ether oxygens (including phenoxy) is 1. The van der Waals surface area contributed by atoms with E-state index in [0.717, 1.165) is 0 Å². The number of benzene rings is 2. The number of phenolic OH excluding ortho intramolecular Hbond substituents is 1. The average molecular weight is 359 g/mol. The predicted molar refractivity (Wildman–Crippen MR) is 94.7 cm³/mol. The van der Waals surface area contributed by atoms with Crippen molar-refractivity contribution >= 4 is 23.7 Å². The molecule has 0 saturated carbocycles. The molecular weight excluding hydrogens is 341 g/mol. The standard InChI is InChI=1S/C18H18FN3O4/c1-2-26-16-9-12(7-8-15(16)23)11-20-22-18(25)10-17(24)21-14-6-4-3-5-13(14)19/h3-9,11,23H,2,10H2,1H3,(H,21,24)(H,22,25)/b20-11+. The summed E-state index contributed by atoms with van der Waals surface area (Å²) in [6, 6.07) is 10.2. The summed E-state index contributed by atoms with van der Waals surface area (Å²) in [5.74, 6) is -1.61. The normalized spacial score (nSPS) is 10.5. The topological polar surface area (TPSA) is 100 Å². The third-order valence-electron chi connectivity index (χ3n) is 3.16. The van der Waals surface area contributed by atoms with Gasteiger partial charge in [0.1, 0.15) is 12.2 Å². The molecule has 0 aliphatic heterocycles. The number of nitrogens with one attached hydrogen (secondary N) is 2. The molecule has 8 heteroatoms. The van der Waals surface area contributed by atoms with Gasteiger partial charge in [0.2, 0.25) is 11.8 Å². The van der Waals surface area contributed by atoms with Crippen LogP contribution in [0.15, 0.2) is 47.6 Å². The van der Waals surface area contributed by atoms with Gasteiger partial charge in [-0.3, -0.25) is 9.59 Å². The highest BCUT2D eigenvalue weighted by atomic mass is 19.1. The van der Waals surface area contributed by atoms with Crippen molar-refractivity contribution in [2.24, 2.45) is 5.10 Å². The maximum absolute atomic E-state index is 13.4. The van der Waals surface area contributed by atoms with Crippen LogP contribution in [0.2, 0.25) is 0 Å². The SMILES string of the molecule is CCOc1cc(/C=N/NC(=O)CC(=O)Nc2ccccc2F)ccc1O. The molecule has 0 aromatic heterocycles. The van der Waals surface area contributed by atoms with E-state index < -0.39 is 24.1 Å². The smallest absolute Gasteiger partial charge is 0.249 e. The van der Waals surface area contributed by atoms with E-state index in [1.54, 1.807) is 25.1 Å². The summed E-state index contributed by atoms with van der Waals surface area (Å²) in [4.78, 5) is 23.4. The van der Waals surface area contributed by atoms with Crippen LogP contribution in [0.1, 0.15) is 18.9 Å². The van der Waals surface area contributed by atoms with Crippen LogP contribution in [0.5, 0.6) is 11.5 Å². The van der Waals surface area contributed by atoms with Crippen LogP contribution in [-0.2, 0) is 9.59 Å². The molecule has 7 nitrogen and oxygen atoms in total. The Bertz CT molecular complexity index is 824. The van der Waals surface area contributed by atoms with Gasteiger partial charge in [0.05, 0.1) is 18.5 Å². The van der Waals surface area contributed by atoms with Crippen molar-refractivity contribution in [1.29, 1.82) is 0 Å². The molecule has 3 N–H and O–H groups in total.